The van der Waals surface area contributed by atoms with E-state index in [2.05, 4.69) is 60.7 Å². The first-order chi connectivity index (χ1) is 12.8. The van der Waals surface area contributed by atoms with E-state index >= 15 is 0 Å². The number of hydrogen-bond donors (Lipinski definition) is 2. The van der Waals surface area contributed by atoms with Gasteiger partial charge in [0.15, 0.2) is 0 Å². The summed E-state index contributed by atoms with van der Waals surface area (Å²) in [5, 5.41) is 2.68. The van der Waals surface area contributed by atoms with Gasteiger partial charge in [-0.3, -0.25) is 0 Å². The van der Waals surface area contributed by atoms with E-state index < -0.39 is 0 Å². The second kappa shape index (κ2) is 7.90. The van der Waals surface area contributed by atoms with Crippen LogP contribution in [0.15, 0.2) is 66.7 Å². The molecule has 3 nitrogen and oxygen atoms in total. The lowest BCUT2D eigenvalue weighted by Gasteiger charge is -2.30. The zero-order valence-electron chi connectivity index (χ0n) is 15.5. The summed E-state index contributed by atoms with van der Waals surface area (Å²) in [6.07, 6.45) is 0. The standard InChI is InChI=1S/C23H26N2O/c1-26-23-9-5-4-8-22(23)18-25-14-12-24(13-15-25)17-19-10-11-20-6-2-3-7-21(20)16-19/h2-11,16H,12-15,17-18H2,1H3/p+2. The van der Waals surface area contributed by atoms with Crippen molar-refractivity contribution < 1.29 is 14.5 Å². The van der Waals surface area contributed by atoms with Gasteiger partial charge in [-0.1, -0.05) is 48.5 Å². The fraction of sp³-hybridized carbons (Fsp3) is 0.304. The van der Waals surface area contributed by atoms with Crippen molar-refractivity contribution in [1.82, 2.24) is 0 Å². The van der Waals surface area contributed by atoms with E-state index in [1.54, 1.807) is 16.9 Å². The molecule has 0 aliphatic carbocycles. The Morgan fingerprint density at radius 3 is 2.15 bits per heavy atom. The number of quaternary nitrogens is 2. The van der Waals surface area contributed by atoms with Crippen LogP contribution in [0.2, 0.25) is 0 Å². The molecule has 1 saturated heterocycles. The molecule has 0 unspecified atom stereocenters. The Hall–Kier alpha value is -2.36. The number of benzene rings is 3. The van der Waals surface area contributed by atoms with E-state index in [9.17, 15) is 0 Å². The predicted octanol–water partition coefficient (Wildman–Crippen LogP) is 1.33. The maximum Gasteiger partial charge on any atom is 0.127 e. The first-order valence-corrected chi connectivity index (χ1v) is 9.58. The molecule has 1 aliphatic rings. The second-order valence-electron chi connectivity index (χ2n) is 7.35. The Balaban J connectivity index is 1.34. The normalized spacial score (nSPS) is 20.2. The molecule has 2 N–H and O–H groups in total. The first-order valence-electron chi connectivity index (χ1n) is 9.58. The average Bonchev–Trinajstić information content (AvgIpc) is 2.70. The van der Waals surface area contributed by atoms with Crippen molar-refractivity contribution in [2.45, 2.75) is 13.1 Å². The number of nitrogens with one attached hydrogen (secondary N) is 2. The van der Waals surface area contributed by atoms with Crippen molar-refractivity contribution in [1.29, 1.82) is 0 Å². The van der Waals surface area contributed by atoms with Crippen LogP contribution in [-0.4, -0.2) is 33.3 Å². The van der Waals surface area contributed by atoms with Gasteiger partial charge in [-0.2, -0.15) is 0 Å². The fourth-order valence-electron chi connectivity index (χ4n) is 4.07. The first kappa shape index (κ1) is 17.1. The molecule has 1 aliphatic heterocycles. The van der Waals surface area contributed by atoms with E-state index in [0.717, 1.165) is 18.8 Å². The molecule has 1 heterocycles. The SMILES string of the molecule is COc1ccccc1C[NH+]1CC[NH+](Cc2ccc3ccccc3c2)CC1. The summed E-state index contributed by atoms with van der Waals surface area (Å²) in [5.74, 6) is 1.02. The third-order valence-corrected chi connectivity index (χ3v) is 5.57. The zero-order valence-corrected chi connectivity index (χ0v) is 15.5. The number of hydrogen-bond acceptors (Lipinski definition) is 1. The Morgan fingerprint density at radius 1 is 0.731 bits per heavy atom. The number of fused-ring (bicyclic) bond motifs is 1. The Kier molecular flexibility index (Phi) is 5.19. The van der Waals surface area contributed by atoms with Crippen molar-refractivity contribution in [3.63, 3.8) is 0 Å². The number of methoxy groups -OCH3 is 1. The molecule has 0 bridgehead atoms. The third-order valence-electron chi connectivity index (χ3n) is 5.57. The van der Waals surface area contributed by atoms with E-state index in [0.29, 0.717) is 0 Å². The summed E-state index contributed by atoms with van der Waals surface area (Å²) in [4.78, 5) is 3.36. The summed E-state index contributed by atoms with van der Waals surface area (Å²) in [6, 6.07) is 24.0. The number of para-hydroxylation sites is 1. The van der Waals surface area contributed by atoms with Crippen LogP contribution in [-0.2, 0) is 13.1 Å². The van der Waals surface area contributed by atoms with Crippen LogP contribution in [0.4, 0.5) is 0 Å². The van der Waals surface area contributed by atoms with E-state index in [1.807, 2.05) is 6.07 Å². The van der Waals surface area contributed by atoms with Gasteiger partial charge in [0.1, 0.15) is 45.0 Å². The van der Waals surface area contributed by atoms with Crippen molar-refractivity contribution in [2.75, 3.05) is 33.3 Å². The molecule has 1 fully saturated rings. The Bertz CT molecular complexity index is 869. The second-order valence-corrected chi connectivity index (χ2v) is 7.35. The number of rotatable bonds is 5. The largest absolute Gasteiger partial charge is 0.496 e. The molecule has 3 heteroatoms. The van der Waals surface area contributed by atoms with Gasteiger partial charge in [0, 0.05) is 11.1 Å². The Morgan fingerprint density at radius 2 is 1.38 bits per heavy atom. The van der Waals surface area contributed by atoms with Gasteiger partial charge in [0.2, 0.25) is 0 Å². The van der Waals surface area contributed by atoms with Crippen molar-refractivity contribution in [3.8, 4) is 5.75 Å². The third kappa shape index (κ3) is 3.90. The molecule has 0 atom stereocenters. The minimum absolute atomic E-state index is 1.02. The van der Waals surface area contributed by atoms with Crippen LogP contribution in [0.1, 0.15) is 11.1 Å². The van der Waals surface area contributed by atoms with E-state index in [-0.39, 0.29) is 0 Å². The van der Waals surface area contributed by atoms with Crippen molar-refractivity contribution in [2.24, 2.45) is 0 Å². The fourth-order valence-corrected chi connectivity index (χ4v) is 4.07. The van der Waals surface area contributed by atoms with Gasteiger partial charge >= 0.3 is 0 Å². The summed E-state index contributed by atoms with van der Waals surface area (Å²) in [6.45, 7) is 7.11. The molecule has 0 aromatic heterocycles. The van der Waals surface area contributed by atoms with E-state index in [4.69, 9.17) is 4.74 Å². The highest BCUT2D eigenvalue weighted by Crippen LogP contribution is 2.16. The molecule has 3 aromatic carbocycles. The summed E-state index contributed by atoms with van der Waals surface area (Å²) in [7, 11) is 1.76. The van der Waals surface area contributed by atoms with Crippen molar-refractivity contribution in [3.05, 3.63) is 77.9 Å². The van der Waals surface area contributed by atoms with Gasteiger partial charge in [-0.15, -0.1) is 0 Å². The maximum absolute atomic E-state index is 5.50. The molecular formula is C23H28N2O+2. The van der Waals surface area contributed by atoms with Gasteiger partial charge in [-0.05, 0) is 29.0 Å². The topological polar surface area (TPSA) is 18.1 Å². The van der Waals surface area contributed by atoms with Crippen LogP contribution in [0.3, 0.4) is 0 Å². The molecule has 0 amide bonds. The number of ether oxygens (including phenoxy) is 1. The quantitative estimate of drug-likeness (QED) is 0.712. The zero-order chi connectivity index (χ0) is 17.8. The monoisotopic (exact) mass is 348 g/mol. The molecule has 4 rings (SSSR count). The summed E-state index contributed by atoms with van der Waals surface area (Å²) in [5.41, 5.74) is 2.77. The lowest BCUT2D eigenvalue weighted by atomic mass is 10.1. The van der Waals surface area contributed by atoms with Gasteiger partial charge in [-0.25, -0.2) is 0 Å². The molecule has 26 heavy (non-hydrogen) atoms. The lowest BCUT2D eigenvalue weighted by molar-refractivity contribution is -1.02. The highest BCUT2D eigenvalue weighted by atomic mass is 16.5. The molecule has 0 radical (unpaired) electrons. The van der Waals surface area contributed by atoms with Crippen LogP contribution in [0, 0.1) is 0 Å². The maximum atomic E-state index is 5.50. The van der Waals surface area contributed by atoms with Crippen LogP contribution in [0.25, 0.3) is 10.8 Å². The summed E-state index contributed by atoms with van der Waals surface area (Å²) >= 11 is 0. The van der Waals surface area contributed by atoms with Gasteiger partial charge in [0.05, 0.1) is 7.11 Å². The van der Waals surface area contributed by atoms with E-state index in [1.165, 1.54) is 48.1 Å². The minimum Gasteiger partial charge on any atom is -0.496 e. The number of piperazine rings is 1. The minimum atomic E-state index is 1.02. The molecular weight excluding hydrogens is 320 g/mol. The highest BCUT2D eigenvalue weighted by Gasteiger charge is 2.24. The smallest absolute Gasteiger partial charge is 0.127 e. The summed E-state index contributed by atoms with van der Waals surface area (Å²) < 4.78 is 5.50. The van der Waals surface area contributed by atoms with Crippen molar-refractivity contribution >= 4 is 10.8 Å². The van der Waals surface area contributed by atoms with Crippen LogP contribution < -0.4 is 14.5 Å². The highest BCUT2D eigenvalue weighted by molar-refractivity contribution is 5.82. The Labute approximate surface area is 155 Å². The van der Waals surface area contributed by atoms with Crippen LogP contribution in [0.5, 0.6) is 5.75 Å². The van der Waals surface area contributed by atoms with Gasteiger partial charge in [0.25, 0.3) is 0 Å². The molecule has 0 spiro atoms. The van der Waals surface area contributed by atoms with Crippen LogP contribution >= 0.6 is 0 Å². The molecule has 134 valence electrons. The molecule has 0 saturated carbocycles. The molecule has 3 aromatic rings. The average molecular weight is 348 g/mol. The lowest BCUT2D eigenvalue weighted by Crippen LogP contribution is -3.27. The van der Waals surface area contributed by atoms with Gasteiger partial charge < -0.3 is 14.5 Å². The predicted molar refractivity (Wildman–Crippen MR) is 106 cm³/mol.